The molecule has 0 bridgehead atoms. The minimum atomic E-state index is -0.958. The smallest absolute Gasteiger partial charge is 0.368 e. The Balaban J connectivity index is 1.46. The molecule has 152 valence electrons. The third kappa shape index (κ3) is 6.15. The number of carbonyl (C=O) groups is 1. The molecule has 1 heterocycles. The van der Waals surface area contributed by atoms with E-state index in [0.29, 0.717) is 30.4 Å². The summed E-state index contributed by atoms with van der Waals surface area (Å²) in [5.41, 5.74) is 2.59. The van der Waals surface area contributed by atoms with Crippen LogP contribution < -0.4 is 4.74 Å². The van der Waals surface area contributed by atoms with Gasteiger partial charge in [0.05, 0.1) is 24.8 Å². The highest BCUT2D eigenvalue weighted by Crippen LogP contribution is 2.24. The molecule has 0 unspecified atom stereocenters. The van der Waals surface area contributed by atoms with Crippen molar-refractivity contribution in [1.29, 1.82) is 5.26 Å². The number of hydrogen-bond acceptors (Lipinski definition) is 5. The van der Waals surface area contributed by atoms with Crippen LogP contribution in [-0.2, 0) is 14.3 Å². The molecule has 0 saturated carbocycles. The number of benzene rings is 2. The number of nitriles is 1. The molecule has 0 aliphatic carbocycles. The van der Waals surface area contributed by atoms with Crippen molar-refractivity contribution < 1.29 is 19.0 Å². The lowest BCUT2D eigenvalue weighted by molar-refractivity contribution is -0.215. The molecule has 1 aliphatic heterocycles. The fourth-order valence-electron chi connectivity index (χ4n) is 3.32. The Morgan fingerprint density at radius 3 is 2.21 bits per heavy atom. The number of rotatable bonds is 8. The van der Waals surface area contributed by atoms with Gasteiger partial charge in [-0.3, -0.25) is 0 Å². The van der Waals surface area contributed by atoms with E-state index in [1.165, 1.54) is 25.7 Å². The zero-order valence-corrected chi connectivity index (χ0v) is 16.8. The second kappa shape index (κ2) is 10.8. The average molecular weight is 393 g/mol. The molecular weight excluding hydrogens is 366 g/mol. The van der Waals surface area contributed by atoms with E-state index in [2.05, 4.69) is 13.0 Å². The summed E-state index contributed by atoms with van der Waals surface area (Å²) in [7, 11) is 0. The van der Waals surface area contributed by atoms with Gasteiger partial charge < -0.3 is 14.2 Å². The highest BCUT2D eigenvalue weighted by atomic mass is 16.7. The van der Waals surface area contributed by atoms with Crippen molar-refractivity contribution in [2.24, 2.45) is 5.92 Å². The lowest BCUT2D eigenvalue weighted by Crippen LogP contribution is -2.39. The topological polar surface area (TPSA) is 68.5 Å². The van der Waals surface area contributed by atoms with E-state index in [4.69, 9.17) is 19.5 Å². The fourth-order valence-corrected chi connectivity index (χ4v) is 3.32. The molecule has 0 N–H and O–H groups in total. The first kappa shape index (κ1) is 21.0. The van der Waals surface area contributed by atoms with Gasteiger partial charge in [-0.25, -0.2) is 4.79 Å². The van der Waals surface area contributed by atoms with E-state index >= 15 is 0 Å². The molecule has 0 amide bonds. The molecule has 29 heavy (non-hydrogen) atoms. The Morgan fingerprint density at radius 1 is 1.00 bits per heavy atom. The van der Waals surface area contributed by atoms with Crippen LogP contribution in [0.2, 0.25) is 0 Å². The van der Waals surface area contributed by atoms with Gasteiger partial charge in [-0.15, -0.1) is 0 Å². The largest absolute Gasteiger partial charge is 0.423 e. The van der Waals surface area contributed by atoms with Crippen LogP contribution in [0.25, 0.3) is 11.1 Å². The Hall–Kier alpha value is -2.68. The molecule has 0 radical (unpaired) electrons. The van der Waals surface area contributed by atoms with E-state index < -0.39 is 12.3 Å². The number of nitrogens with zero attached hydrogens (tertiary/aromatic N) is 1. The van der Waals surface area contributed by atoms with Gasteiger partial charge in [0, 0.05) is 5.92 Å². The SMILES string of the molecule is CCCCCCC1COC(C(=O)Oc2ccc(-c3ccc(C#N)cc3)cc2)OC1. The van der Waals surface area contributed by atoms with E-state index in [1.54, 1.807) is 24.3 Å². The van der Waals surface area contributed by atoms with Crippen LogP contribution in [0.15, 0.2) is 48.5 Å². The zero-order valence-electron chi connectivity index (χ0n) is 16.8. The summed E-state index contributed by atoms with van der Waals surface area (Å²) in [5.74, 6) is 0.268. The number of unbranched alkanes of at least 4 members (excludes halogenated alkanes) is 3. The van der Waals surface area contributed by atoms with Gasteiger partial charge in [0.2, 0.25) is 0 Å². The van der Waals surface area contributed by atoms with Crippen LogP contribution in [0.1, 0.15) is 44.6 Å². The first-order valence-corrected chi connectivity index (χ1v) is 10.2. The first-order chi connectivity index (χ1) is 14.2. The molecular formula is C24H27NO4. The summed E-state index contributed by atoms with van der Waals surface area (Å²) < 4.78 is 16.5. The Labute approximate surface area is 172 Å². The van der Waals surface area contributed by atoms with Crippen molar-refractivity contribution in [3.05, 3.63) is 54.1 Å². The summed E-state index contributed by atoms with van der Waals surface area (Å²) in [4.78, 5) is 12.3. The number of ether oxygens (including phenoxy) is 3. The highest BCUT2D eigenvalue weighted by molar-refractivity contribution is 5.76. The molecule has 2 aromatic rings. The molecule has 1 saturated heterocycles. The normalized spacial score (nSPS) is 18.8. The van der Waals surface area contributed by atoms with Crippen LogP contribution >= 0.6 is 0 Å². The summed E-state index contributed by atoms with van der Waals surface area (Å²) >= 11 is 0. The van der Waals surface area contributed by atoms with E-state index in [1.807, 2.05) is 24.3 Å². The molecule has 5 nitrogen and oxygen atoms in total. The Kier molecular flexibility index (Phi) is 7.80. The minimum Gasteiger partial charge on any atom is -0.423 e. The van der Waals surface area contributed by atoms with Crippen LogP contribution in [-0.4, -0.2) is 25.5 Å². The number of hydrogen-bond donors (Lipinski definition) is 0. The number of carbonyl (C=O) groups excluding carboxylic acids is 1. The standard InChI is InChI=1S/C24H27NO4/c1-2-3-4-5-6-19-16-27-24(28-17-19)23(26)29-22-13-11-21(12-14-22)20-9-7-18(15-25)8-10-20/h7-14,19,24H,2-6,16-17H2,1H3. The number of esters is 1. The van der Waals surface area contributed by atoms with Crippen LogP contribution in [0.4, 0.5) is 0 Å². The predicted octanol–water partition coefficient (Wildman–Crippen LogP) is 5.09. The van der Waals surface area contributed by atoms with Crippen molar-refractivity contribution in [2.75, 3.05) is 13.2 Å². The molecule has 0 spiro atoms. The second-order valence-corrected chi connectivity index (χ2v) is 7.35. The van der Waals surface area contributed by atoms with Gasteiger partial charge in [-0.2, -0.15) is 5.26 Å². The van der Waals surface area contributed by atoms with Crippen molar-refractivity contribution in [3.8, 4) is 22.9 Å². The predicted molar refractivity (Wildman–Crippen MR) is 110 cm³/mol. The van der Waals surface area contributed by atoms with Gasteiger partial charge in [-0.05, 0) is 41.8 Å². The molecule has 3 rings (SSSR count). The fraction of sp³-hybridized carbons (Fsp3) is 0.417. The second-order valence-electron chi connectivity index (χ2n) is 7.35. The van der Waals surface area contributed by atoms with Gasteiger partial charge in [0.1, 0.15) is 5.75 Å². The van der Waals surface area contributed by atoms with Crippen molar-refractivity contribution in [1.82, 2.24) is 0 Å². The van der Waals surface area contributed by atoms with Crippen LogP contribution in [0, 0.1) is 17.2 Å². The quantitative estimate of drug-likeness (QED) is 0.355. The Bertz CT molecular complexity index is 815. The van der Waals surface area contributed by atoms with Crippen molar-refractivity contribution >= 4 is 5.97 Å². The minimum absolute atomic E-state index is 0.350. The van der Waals surface area contributed by atoms with Gasteiger partial charge in [0.25, 0.3) is 6.29 Å². The Morgan fingerprint density at radius 2 is 1.62 bits per heavy atom. The lowest BCUT2D eigenvalue weighted by atomic mass is 10.0. The third-order valence-corrected chi connectivity index (χ3v) is 5.05. The lowest BCUT2D eigenvalue weighted by Gasteiger charge is -2.28. The summed E-state index contributed by atoms with van der Waals surface area (Å²) in [6, 6.07) is 16.7. The molecule has 1 fully saturated rings. The third-order valence-electron chi connectivity index (χ3n) is 5.05. The van der Waals surface area contributed by atoms with Gasteiger partial charge in [-0.1, -0.05) is 56.9 Å². The van der Waals surface area contributed by atoms with Crippen LogP contribution in [0.3, 0.4) is 0 Å². The van der Waals surface area contributed by atoms with Crippen LogP contribution in [0.5, 0.6) is 5.75 Å². The van der Waals surface area contributed by atoms with E-state index in [-0.39, 0.29) is 0 Å². The molecule has 5 heteroatoms. The molecule has 0 atom stereocenters. The van der Waals surface area contributed by atoms with E-state index in [0.717, 1.165) is 17.5 Å². The highest BCUT2D eigenvalue weighted by Gasteiger charge is 2.29. The van der Waals surface area contributed by atoms with Crippen molar-refractivity contribution in [2.45, 2.75) is 45.3 Å². The molecule has 0 aromatic heterocycles. The van der Waals surface area contributed by atoms with Gasteiger partial charge in [0.15, 0.2) is 0 Å². The molecule has 1 aliphatic rings. The summed E-state index contributed by atoms with van der Waals surface area (Å²) in [6.07, 6.45) is 4.99. The van der Waals surface area contributed by atoms with Crippen molar-refractivity contribution in [3.63, 3.8) is 0 Å². The first-order valence-electron chi connectivity index (χ1n) is 10.2. The molecule has 2 aromatic carbocycles. The maximum atomic E-state index is 12.3. The summed E-state index contributed by atoms with van der Waals surface area (Å²) in [5, 5.41) is 8.88. The zero-order chi connectivity index (χ0) is 20.5. The monoisotopic (exact) mass is 393 g/mol. The average Bonchev–Trinajstić information content (AvgIpc) is 2.78. The summed E-state index contributed by atoms with van der Waals surface area (Å²) in [6.45, 7) is 3.26. The maximum Gasteiger partial charge on any atom is 0.368 e. The van der Waals surface area contributed by atoms with E-state index in [9.17, 15) is 4.79 Å². The maximum absolute atomic E-state index is 12.3. The van der Waals surface area contributed by atoms with Gasteiger partial charge >= 0.3 is 5.97 Å².